The van der Waals surface area contributed by atoms with Crippen molar-refractivity contribution in [2.75, 3.05) is 17.1 Å². The van der Waals surface area contributed by atoms with Crippen molar-refractivity contribution < 1.29 is 18.0 Å². The topological polar surface area (TPSA) is 86.8 Å². The molecule has 4 rings (SSSR count). The highest BCUT2D eigenvalue weighted by Gasteiger charge is 2.34. The molecular weight excluding hydrogens is 582 g/mol. The van der Waals surface area contributed by atoms with Gasteiger partial charge in [-0.25, -0.2) is 8.42 Å². The lowest BCUT2D eigenvalue weighted by Crippen LogP contribution is -2.55. The van der Waals surface area contributed by atoms with Crippen LogP contribution in [-0.2, 0) is 32.6 Å². The van der Waals surface area contributed by atoms with Crippen molar-refractivity contribution >= 4 is 39.1 Å². The number of hydrogen-bond acceptors (Lipinski definition) is 4. The molecule has 0 radical (unpaired) electrons. The number of halogens is 1. The van der Waals surface area contributed by atoms with E-state index in [1.807, 2.05) is 54.6 Å². The van der Waals surface area contributed by atoms with Crippen molar-refractivity contribution in [3.05, 3.63) is 101 Å². The average Bonchev–Trinajstić information content (AvgIpc) is 2.99. The highest BCUT2D eigenvalue weighted by molar-refractivity contribution is 7.92. The lowest BCUT2D eigenvalue weighted by atomic mass is 9.94. The minimum atomic E-state index is -3.83. The molecule has 2 amide bonds. The van der Waals surface area contributed by atoms with Crippen molar-refractivity contribution in [1.29, 1.82) is 0 Å². The van der Waals surface area contributed by atoms with Gasteiger partial charge in [0.15, 0.2) is 0 Å². The van der Waals surface area contributed by atoms with Crippen LogP contribution in [0.2, 0.25) is 5.02 Å². The molecular formula is C34H42ClN3O4S. The van der Waals surface area contributed by atoms with Crippen molar-refractivity contribution in [2.45, 2.75) is 76.9 Å². The number of nitrogens with zero attached hydrogens (tertiary/aromatic N) is 2. The molecule has 7 nitrogen and oxygen atoms in total. The van der Waals surface area contributed by atoms with E-state index in [9.17, 15) is 18.0 Å². The Hall–Kier alpha value is -3.36. The highest BCUT2D eigenvalue weighted by Crippen LogP contribution is 2.25. The summed E-state index contributed by atoms with van der Waals surface area (Å²) in [7, 11) is -3.83. The van der Waals surface area contributed by atoms with E-state index in [1.165, 1.54) is 4.90 Å². The summed E-state index contributed by atoms with van der Waals surface area (Å²) < 4.78 is 27.2. The van der Waals surface area contributed by atoms with Gasteiger partial charge in [0.05, 0.1) is 11.9 Å². The lowest BCUT2D eigenvalue weighted by molar-refractivity contribution is -0.140. The summed E-state index contributed by atoms with van der Waals surface area (Å²) in [4.78, 5) is 29.8. The molecule has 9 heteroatoms. The van der Waals surface area contributed by atoms with E-state index >= 15 is 0 Å². The minimum absolute atomic E-state index is 0.0452. The number of amides is 2. The average molecular weight is 624 g/mol. The highest BCUT2D eigenvalue weighted by atomic mass is 35.5. The molecule has 0 spiro atoms. The molecule has 0 aliphatic heterocycles. The normalized spacial score (nSPS) is 14.7. The van der Waals surface area contributed by atoms with E-state index in [-0.39, 0.29) is 30.8 Å². The van der Waals surface area contributed by atoms with E-state index in [4.69, 9.17) is 11.6 Å². The van der Waals surface area contributed by atoms with E-state index < -0.39 is 28.5 Å². The first-order valence-electron chi connectivity index (χ1n) is 15.0. The zero-order valence-corrected chi connectivity index (χ0v) is 26.8. The van der Waals surface area contributed by atoms with Crippen molar-refractivity contribution in [2.24, 2.45) is 0 Å². The quantitative estimate of drug-likeness (QED) is 0.256. The maximum absolute atomic E-state index is 14.3. The molecule has 3 aromatic rings. The van der Waals surface area contributed by atoms with Crippen LogP contribution in [0, 0.1) is 0 Å². The molecule has 1 fully saturated rings. The van der Waals surface area contributed by atoms with Crippen LogP contribution in [-0.4, -0.2) is 50.0 Å². The zero-order chi connectivity index (χ0) is 31.0. The molecule has 1 saturated carbocycles. The predicted molar refractivity (Wildman–Crippen MR) is 174 cm³/mol. The number of carbonyl (C=O) groups excluding carboxylic acids is 2. The van der Waals surface area contributed by atoms with Crippen molar-refractivity contribution in [3.63, 3.8) is 0 Å². The van der Waals surface area contributed by atoms with Crippen LogP contribution in [0.25, 0.3) is 0 Å². The van der Waals surface area contributed by atoms with Gasteiger partial charge >= 0.3 is 0 Å². The third kappa shape index (κ3) is 9.07. The van der Waals surface area contributed by atoms with Gasteiger partial charge in [-0.2, -0.15) is 0 Å². The standard InChI is InChI=1S/C34H42ClN3O4S/c1-25(2)27-18-20-30(21-19-27)38(43(3,41)42)24-33(39)37(23-28-14-10-11-17-31(28)35)32(22-26-12-6-4-7-13-26)34(40)36-29-15-8-5-9-16-29/h4,6-7,10-14,17-21,25,29,32H,5,8-9,15-16,22-24H2,1-3H3,(H,36,40). The minimum Gasteiger partial charge on any atom is -0.352 e. The smallest absolute Gasteiger partial charge is 0.244 e. The van der Waals surface area contributed by atoms with E-state index in [1.54, 1.807) is 24.3 Å². The molecule has 230 valence electrons. The number of anilines is 1. The fourth-order valence-corrected chi connectivity index (χ4v) is 6.59. The lowest BCUT2D eigenvalue weighted by Gasteiger charge is -2.35. The number of nitrogens with one attached hydrogen (secondary N) is 1. The third-order valence-electron chi connectivity index (χ3n) is 8.05. The molecule has 0 saturated heterocycles. The summed E-state index contributed by atoms with van der Waals surface area (Å²) in [6.07, 6.45) is 6.41. The fourth-order valence-electron chi connectivity index (χ4n) is 5.55. The Morgan fingerprint density at radius 3 is 2.14 bits per heavy atom. The number of rotatable bonds is 12. The molecule has 1 aliphatic rings. The van der Waals surface area contributed by atoms with E-state index in [0.717, 1.165) is 53.8 Å². The summed E-state index contributed by atoms with van der Waals surface area (Å²) in [5, 5.41) is 3.68. The molecule has 0 heterocycles. The van der Waals surface area contributed by atoms with Crippen LogP contribution in [0.4, 0.5) is 5.69 Å². The molecule has 0 aromatic heterocycles. The van der Waals surface area contributed by atoms with Gasteiger partial charge in [-0.1, -0.05) is 105 Å². The summed E-state index contributed by atoms with van der Waals surface area (Å²) in [5.41, 5.74) is 3.02. The van der Waals surface area contributed by atoms with Gasteiger partial charge in [0.1, 0.15) is 12.6 Å². The van der Waals surface area contributed by atoms with Crippen LogP contribution in [0.3, 0.4) is 0 Å². The number of benzene rings is 3. The van der Waals surface area contributed by atoms with E-state index in [2.05, 4.69) is 19.2 Å². The summed E-state index contributed by atoms with van der Waals surface area (Å²) in [6, 6.07) is 23.1. The second-order valence-electron chi connectivity index (χ2n) is 11.7. The van der Waals surface area contributed by atoms with Crippen LogP contribution >= 0.6 is 11.6 Å². The zero-order valence-electron chi connectivity index (χ0n) is 25.2. The molecule has 43 heavy (non-hydrogen) atoms. The number of sulfonamides is 1. The third-order valence-corrected chi connectivity index (χ3v) is 9.56. The Morgan fingerprint density at radius 2 is 1.53 bits per heavy atom. The maximum atomic E-state index is 14.3. The summed E-state index contributed by atoms with van der Waals surface area (Å²) in [6.45, 7) is 3.72. The molecule has 1 unspecified atom stereocenters. The fraction of sp³-hybridized carbons (Fsp3) is 0.412. The molecule has 1 atom stereocenters. The van der Waals surface area contributed by atoms with Gasteiger partial charge in [0.2, 0.25) is 21.8 Å². The number of carbonyl (C=O) groups is 2. The van der Waals surface area contributed by atoms with Crippen molar-refractivity contribution in [1.82, 2.24) is 10.2 Å². The SMILES string of the molecule is CC(C)c1ccc(N(CC(=O)N(Cc2ccccc2Cl)C(Cc2ccccc2)C(=O)NC2CCCCC2)S(C)(=O)=O)cc1. The Bertz CT molecular complexity index is 1470. The summed E-state index contributed by atoms with van der Waals surface area (Å²) >= 11 is 6.54. The van der Waals surface area contributed by atoms with Gasteiger partial charge in [0.25, 0.3) is 0 Å². The number of hydrogen-bond donors (Lipinski definition) is 1. The van der Waals surface area contributed by atoms with E-state index in [0.29, 0.717) is 16.3 Å². The second kappa shape index (κ2) is 14.9. The van der Waals surface area contributed by atoms with Gasteiger partial charge in [-0.15, -0.1) is 0 Å². The first-order chi connectivity index (χ1) is 20.5. The molecule has 0 bridgehead atoms. The van der Waals surface area contributed by atoms with Gasteiger partial charge in [0, 0.05) is 24.0 Å². The second-order valence-corrected chi connectivity index (χ2v) is 14.0. The van der Waals surface area contributed by atoms with Crippen LogP contribution < -0.4 is 9.62 Å². The van der Waals surface area contributed by atoms with Gasteiger partial charge in [-0.3, -0.25) is 13.9 Å². The Balaban J connectivity index is 1.72. The van der Waals surface area contributed by atoms with Crippen LogP contribution in [0.5, 0.6) is 0 Å². The molecule has 1 aliphatic carbocycles. The van der Waals surface area contributed by atoms with Crippen molar-refractivity contribution in [3.8, 4) is 0 Å². The largest absolute Gasteiger partial charge is 0.352 e. The Labute approximate surface area is 261 Å². The van der Waals surface area contributed by atoms with Gasteiger partial charge in [-0.05, 0) is 53.6 Å². The first-order valence-corrected chi connectivity index (χ1v) is 17.2. The van der Waals surface area contributed by atoms with Crippen LogP contribution in [0.15, 0.2) is 78.9 Å². The molecule has 3 aromatic carbocycles. The summed E-state index contributed by atoms with van der Waals surface area (Å²) in [5.74, 6) is -0.462. The maximum Gasteiger partial charge on any atom is 0.244 e. The predicted octanol–water partition coefficient (Wildman–Crippen LogP) is 6.32. The monoisotopic (exact) mass is 623 g/mol. The first kappa shape index (κ1) is 32.6. The van der Waals surface area contributed by atoms with Crippen LogP contribution in [0.1, 0.15) is 68.6 Å². The van der Waals surface area contributed by atoms with Gasteiger partial charge < -0.3 is 10.2 Å². The Kier molecular flexibility index (Phi) is 11.3. The molecule has 1 N–H and O–H groups in total. The Morgan fingerprint density at radius 1 is 0.907 bits per heavy atom.